The second kappa shape index (κ2) is 5.19. The van der Waals surface area contributed by atoms with Gasteiger partial charge in [0.15, 0.2) is 0 Å². The number of aliphatic hydroxyl groups excluding tert-OH is 1. The highest BCUT2D eigenvalue weighted by molar-refractivity contribution is 5.31. The van der Waals surface area contributed by atoms with Crippen LogP contribution in [0.4, 0.5) is 0 Å². The van der Waals surface area contributed by atoms with Gasteiger partial charge in [-0.25, -0.2) is 0 Å². The van der Waals surface area contributed by atoms with Crippen LogP contribution in [0.3, 0.4) is 0 Å². The summed E-state index contributed by atoms with van der Waals surface area (Å²) in [5.41, 5.74) is 2.62. The van der Waals surface area contributed by atoms with Crippen molar-refractivity contribution in [1.29, 1.82) is 0 Å². The van der Waals surface area contributed by atoms with Crippen LogP contribution in [-0.2, 0) is 11.8 Å². The Bertz CT molecular complexity index is 350. The molecular weight excluding hydrogens is 210 g/mol. The van der Waals surface area contributed by atoms with Crippen LogP contribution >= 0.6 is 0 Å². The monoisotopic (exact) mass is 233 g/mol. The zero-order chi connectivity index (χ0) is 12.3. The maximum atomic E-state index is 10.2. The van der Waals surface area contributed by atoms with E-state index in [4.69, 9.17) is 0 Å². The summed E-state index contributed by atoms with van der Waals surface area (Å²) < 4.78 is 0. The largest absolute Gasteiger partial charge is 0.392 e. The summed E-state index contributed by atoms with van der Waals surface area (Å²) >= 11 is 0. The average Bonchev–Trinajstić information content (AvgIpc) is 2.39. The zero-order valence-corrected chi connectivity index (χ0v) is 10.9. The number of aryl methyl sites for hydroxylation is 1. The lowest BCUT2D eigenvalue weighted by molar-refractivity contribution is 0.0732. The van der Waals surface area contributed by atoms with Crippen LogP contribution in [0, 0.1) is 0 Å². The van der Waals surface area contributed by atoms with Gasteiger partial charge in [-0.3, -0.25) is 0 Å². The van der Waals surface area contributed by atoms with E-state index in [1.54, 1.807) is 0 Å². The molecule has 0 amide bonds. The molecule has 1 heterocycles. The molecular formula is C15H23NO. The van der Waals surface area contributed by atoms with E-state index < -0.39 is 0 Å². The predicted octanol–water partition coefficient (Wildman–Crippen LogP) is 2.25. The highest BCUT2D eigenvalue weighted by atomic mass is 16.3. The van der Waals surface area contributed by atoms with E-state index in [0.29, 0.717) is 0 Å². The van der Waals surface area contributed by atoms with Gasteiger partial charge in [0, 0.05) is 5.41 Å². The minimum Gasteiger partial charge on any atom is -0.392 e. The molecule has 1 aromatic carbocycles. The normalized spacial score (nSPS) is 21.1. The number of aliphatic hydroxyl groups is 1. The summed E-state index contributed by atoms with van der Waals surface area (Å²) in [6, 6.07) is 8.80. The van der Waals surface area contributed by atoms with Crippen LogP contribution in [0.1, 0.15) is 37.8 Å². The Hall–Kier alpha value is -0.860. The fourth-order valence-corrected chi connectivity index (χ4v) is 2.89. The van der Waals surface area contributed by atoms with E-state index in [0.717, 1.165) is 32.4 Å². The molecule has 0 radical (unpaired) electrons. The third kappa shape index (κ3) is 2.38. The first-order valence-electron chi connectivity index (χ1n) is 6.67. The van der Waals surface area contributed by atoms with Gasteiger partial charge in [-0.1, -0.05) is 31.2 Å². The molecule has 0 aliphatic carbocycles. The third-order valence-corrected chi connectivity index (χ3v) is 4.23. The first-order valence-corrected chi connectivity index (χ1v) is 6.67. The van der Waals surface area contributed by atoms with E-state index in [1.807, 2.05) is 6.92 Å². The molecule has 0 bridgehead atoms. The lowest BCUT2D eigenvalue weighted by Crippen LogP contribution is -2.46. The Labute approximate surface area is 104 Å². The van der Waals surface area contributed by atoms with Crippen molar-refractivity contribution in [2.75, 3.05) is 13.1 Å². The van der Waals surface area contributed by atoms with Gasteiger partial charge in [0.1, 0.15) is 0 Å². The van der Waals surface area contributed by atoms with E-state index >= 15 is 0 Å². The Morgan fingerprint density at radius 3 is 2.29 bits per heavy atom. The first-order chi connectivity index (χ1) is 8.19. The first kappa shape index (κ1) is 12.6. The number of hydrogen-bond acceptors (Lipinski definition) is 2. The van der Waals surface area contributed by atoms with E-state index in [1.165, 1.54) is 11.1 Å². The molecule has 1 aromatic rings. The third-order valence-electron chi connectivity index (χ3n) is 4.23. The lowest BCUT2D eigenvalue weighted by Gasteiger charge is -2.40. The number of piperidine rings is 1. The lowest BCUT2D eigenvalue weighted by atomic mass is 9.69. The Kier molecular flexibility index (Phi) is 3.85. The predicted molar refractivity (Wildman–Crippen MR) is 71.3 cm³/mol. The molecule has 0 saturated carbocycles. The van der Waals surface area contributed by atoms with Crippen molar-refractivity contribution in [2.24, 2.45) is 0 Å². The van der Waals surface area contributed by atoms with Gasteiger partial charge in [-0.05, 0) is 50.4 Å². The maximum absolute atomic E-state index is 10.2. The van der Waals surface area contributed by atoms with E-state index in [-0.39, 0.29) is 11.5 Å². The van der Waals surface area contributed by atoms with Crippen LogP contribution in [0.5, 0.6) is 0 Å². The van der Waals surface area contributed by atoms with Gasteiger partial charge < -0.3 is 10.4 Å². The molecule has 1 atom stereocenters. The number of benzene rings is 1. The second-order valence-electron chi connectivity index (χ2n) is 5.13. The molecule has 17 heavy (non-hydrogen) atoms. The average molecular weight is 233 g/mol. The van der Waals surface area contributed by atoms with Crippen LogP contribution in [0.15, 0.2) is 24.3 Å². The molecule has 1 saturated heterocycles. The summed E-state index contributed by atoms with van der Waals surface area (Å²) in [5.74, 6) is 0. The standard InChI is InChI=1S/C15H23NO/c1-3-13-4-6-14(7-5-13)15(12(2)17)8-10-16-11-9-15/h4-7,12,16-17H,3,8-11H2,1-2H3. The molecule has 2 rings (SSSR count). The van der Waals surface area contributed by atoms with Gasteiger partial charge in [0.05, 0.1) is 6.10 Å². The van der Waals surface area contributed by atoms with Crippen molar-refractivity contribution in [1.82, 2.24) is 5.32 Å². The molecule has 1 aliphatic rings. The van der Waals surface area contributed by atoms with Crippen LogP contribution < -0.4 is 5.32 Å². The number of nitrogens with one attached hydrogen (secondary N) is 1. The molecule has 2 heteroatoms. The van der Waals surface area contributed by atoms with Gasteiger partial charge in [-0.15, -0.1) is 0 Å². The van der Waals surface area contributed by atoms with Crippen LogP contribution in [0.25, 0.3) is 0 Å². The minimum atomic E-state index is -0.280. The molecule has 1 fully saturated rings. The zero-order valence-electron chi connectivity index (χ0n) is 10.9. The molecule has 94 valence electrons. The van der Waals surface area contributed by atoms with E-state index in [9.17, 15) is 5.11 Å². The SMILES string of the molecule is CCc1ccc(C2(C(C)O)CCNCC2)cc1. The molecule has 1 unspecified atom stereocenters. The molecule has 2 nitrogen and oxygen atoms in total. The van der Waals surface area contributed by atoms with Gasteiger partial charge >= 0.3 is 0 Å². The summed E-state index contributed by atoms with van der Waals surface area (Å²) in [6.45, 7) is 6.10. The highest BCUT2D eigenvalue weighted by Gasteiger charge is 2.38. The Morgan fingerprint density at radius 1 is 1.24 bits per heavy atom. The van der Waals surface area contributed by atoms with Crippen molar-refractivity contribution >= 4 is 0 Å². The highest BCUT2D eigenvalue weighted by Crippen LogP contribution is 2.36. The summed E-state index contributed by atoms with van der Waals surface area (Å²) in [5, 5.41) is 13.6. The minimum absolute atomic E-state index is 0.0441. The van der Waals surface area contributed by atoms with E-state index in [2.05, 4.69) is 36.5 Å². The van der Waals surface area contributed by atoms with Crippen LogP contribution in [0.2, 0.25) is 0 Å². The summed E-state index contributed by atoms with van der Waals surface area (Å²) in [7, 11) is 0. The van der Waals surface area contributed by atoms with Gasteiger partial charge in [-0.2, -0.15) is 0 Å². The number of hydrogen-bond donors (Lipinski definition) is 2. The Balaban J connectivity index is 2.31. The van der Waals surface area contributed by atoms with Crippen molar-refractivity contribution < 1.29 is 5.11 Å². The maximum Gasteiger partial charge on any atom is 0.0609 e. The molecule has 0 aromatic heterocycles. The topological polar surface area (TPSA) is 32.3 Å². The van der Waals surface area contributed by atoms with Crippen molar-refractivity contribution in [2.45, 2.75) is 44.6 Å². The summed E-state index contributed by atoms with van der Waals surface area (Å²) in [4.78, 5) is 0. The number of rotatable bonds is 3. The van der Waals surface area contributed by atoms with Gasteiger partial charge in [0.2, 0.25) is 0 Å². The summed E-state index contributed by atoms with van der Waals surface area (Å²) in [6.07, 6.45) is 2.84. The van der Waals surface area contributed by atoms with Crippen molar-refractivity contribution in [3.05, 3.63) is 35.4 Å². The molecule has 1 aliphatic heterocycles. The van der Waals surface area contributed by atoms with Crippen molar-refractivity contribution in [3.63, 3.8) is 0 Å². The molecule has 0 spiro atoms. The quantitative estimate of drug-likeness (QED) is 0.839. The fraction of sp³-hybridized carbons (Fsp3) is 0.600. The smallest absolute Gasteiger partial charge is 0.0609 e. The molecule has 2 N–H and O–H groups in total. The van der Waals surface area contributed by atoms with Gasteiger partial charge in [0.25, 0.3) is 0 Å². The Morgan fingerprint density at radius 2 is 1.82 bits per heavy atom. The second-order valence-corrected chi connectivity index (χ2v) is 5.13. The fourth-order valence-electron chi connectivity index (χ4n) is 2.89. The van der Waals surface area contributed by atoms with Crippen molar-refractivity contribution in [3.8, 4) is 0 Å². The van der Waals surface area contributed by atoms with Crippen LogP contribution in [-0.4, -0.2) is 24.3 Å².